The maximum absolute atomic E-state index is 10.7. The minimum Gasteiger partial charge on any atom is -0.754 e. The number of anilines is 1. The SMILES string of the molecule is O=S([O-])N(c1ccccc1)S(=O)(=O)O. The number of nitrogens with zero attached hydrogens (tertiary/aromatic N) is 1. The molecule has 0 aliphatic heterocycles. The lowest BCUT2D eigenvalue weighted by atomic mass is 10.3. The molecule has 0 spiro atoms. The van der Waals surface area contributed by atoms with Crippen LogP contribution in [0.15, 0.2) is 30.3 Å². The quantitative estimate of drug-likeness (QED) is 0.592. The predicted molar refractivity (Wildman–Crippen MR) is 49.4 cm³/mol. The third-order valence-electron chi connectivity index (χ3n) is 1.31. The van der Waals surface area contributed by atoms with Crippen molar-refractivity contribution in [2.24, 2.45) is 0 Å². The zero-order valence-electron chi connectivity index (χ0n) is 6.73. The summed E-state index contributed by atoms with van der Waals surface area (Å²) < 4.78 is 50.9. The second kappa shape index (κ2) is 4.05. The van der Waals surface area contributed by atoms with Crippen LogP contribution in [0.25, 0.3) is 0 Å². The summed E-state index contributed by atoms with van der Waals surface area (Å²) in [7, 11) is -4.80. The molecule has 0 heterocycles. The molecule has 1 aromatic rings. The molecule has 0 aliphatic rings. The van der Waals surface area contributed by atoms with Crippen molar-refractivity contribution in [3.05, 3.63) is 30.3 Å². The molecule has 0 saturated heterocycles. The van der Waals surface area contributed by atoms with Gasteiger partial charge in [-0.3, -0.25) is 8.76 Å². The summed E-state index contributed by atoms with van der Waals surface area (Å²) >= 11 is -3.08. The molecule has 0 fully saturated rings. The Kier molecular flexibility index (Phi) is 3.21. The highest BCUT2D eigenvalue weighted by Gasteiger charge is 2.20. The van der Waals surface area contributed by atoms with Crippen molar-refractivity contribution in [2.75, 3.05) is 3.71 Å². The fourth-order valence-corrected chi connectivity index (χ4v) is 2.14. The number of rotatable bonds is 3. The third kappa shape index (κ3) is 2.51. The molecule has 0 saturated carbocycles. The molecule has 6 nitrogen and oxygen atoms in total. The minimum absolute atomic E-state index is 0.118. The number of benzene rings is 1. The van der Waals surface area contributed by atoms with Crippen LogP contribution in [-0.2, 0) is 21.6 Å². The van der Waals surface area contributed by atoms with E-state index in [4.69, 9.17) is 4.55 Å². The van der Waals surface area contributed by atoms with Crippen molar-refractivity contribution < 1.29 is 21.7 Å². The van der Waals surface area contributed by atoms with Crippen molar-refractivity contribution in [3.8, 4) is 0 Å². The normalized spacial score (nSPS) is 13.6. The van der Waals surface area contributed by atoms with Gasteiger partial charge in [-0.15, -0.1) is 0 Å². The summed E-state index contributed by atoms with van der Waals surface area (Å²) in [5, 5.41) is 0. The maximum atomic E-state index is 10.7. The third-order valence-corrected chi connectivity index (χ3v) is 3.35. The molecule has 14 heavy (non-hydrogen) atoms. The monoisotopic (exact) mass is 236 g/mol. The van der Waals surface area contributed by atoms with E-state index in [1.165, 1.54) is 24.3 Å². The zero-order valence-corrected chi connectivity index (χ0v) is 8.36. The Bertz CT molecular complexity index is 429. The minimum atomic E-state index is -4.80. The lowest BCUT2D eigenvalue weighted by Gasteiger charge is -2.21. The summed E-state index contributed by atoms with van der Waals surface area (Å²) in [4.78, 5) is 0. The summed E-state index contributed by atoms with van der Waals surface area (Å²) in [6.45, 7) is 0. The van der Waals surface area contributed by atoms with Crippen LogP contribution in [0, 0.1) is 0 Å². The first-order valence-corrected chi connectivity index (χ1v) is 5.78. The van der Waals surface area contributed by atoms with Gasteiger partial charge in [0.1, 0.15) is 0 Å². The topological polar surface area (TPSA) is 97.7 Å². The standard InChI is InChI=1S/C6H7NO5S2/c8-13(9)7(14(10,11)12)6-4-2-1-3-5-6/h1-5H,(H,8,9)(H,10,11,12)/p-1. The molecule has 0 amide bonds. The van der Waals surface area contributed by atoms with Gasteiger partial charge in [0.25, 0.3) is 0 Å². The van der Waals surface area contributed by atoms with E-state index in [1.54, 1.807) is 6.07 Å². The number of hydrogen-bond donors (Lipinski definition) is 1. The largest absolute Gasteiger partial charge is 0.754 e. The first kappa shape index (κ1) is 11.1. The van der Waals surface area contributed by atoms with E-state index >= 15 is 0 Å². The van der Waals surface area contributed by atoms with E-state index < -0.39 is 21.6 Å². The lowest BCUT2D eigenvalue weighted by Crippen LogP contribution is -2.31. The summed E-state index contributed by atoms with van der Waals surface area (Å²) in [5.74, 6) is 0. The molecule has 1 aromatic carbocycles. The van der Waals surface area contributed by atoms with Gasteiger partial charge in [0, 0.05) is 0 Å². The van der Waals surface area contributed by atoms with Crippen LogP contribution in [0.3, 0.4) is 0 Å². The zero-order chi connectivity index (χ0) is 10.8. The van der Waals surface area contributed by atoms with Gasteiger partial charge in [0.15, 0.2) is 0 Å². The van der Waals surface area contributed by atoms with Gasteiger partial charge >= 0.3 is 10.3 Å². The first-order chi connectivity index (χ1) is 6.43. The smallest absolute Gasteiger partial charge is 0.370 e. The van der Waals surface area contributed by atoms with Gasteiger partial charge in [0.2, 0.25) is 0 Å². The summed E-state index contributed by atoms with van der Waals surface area (Å²) in [5.41, 5.74) is -0.150. The second-order valence-corrected chi connectivity index (χ2v) is 4.55. The molecule has 1 atom stereocenters. The summed E-state index contributed by atoms with van der Waals surface area (Å²) in [6, 6.07) is 6.95. The van der Waals surface area contributed by atoms with Crippen molar-refractivity contribution in [3.63, 3.8) is 0 Å². The highest BCUT2D eigenvalue weighted by molar-refractivity contribution is 8.02. The maximum Gasteiger partial charge on any atom is 0.370 e. The van der Waals surface area contributed by atoms with E-state index in [0.717, 1.165) is 0 Å². The molecular weight excluding hydrogens is 230 g/mol. The Morgan fingerprint density at radius 2 is 1.79 bits per heavy atom. The molecule has 1 rings (SSSR count). The fourth-order valence-electron chi connectivity index (χ4n) is 0.846. The fraction of sp³-hybridized carbons (Fsp3) is 0. The van der Waals surface area contributed by atoms with Crippen molar-refractivity contribution >= 4 is 27.3 Å². The Morgan fingerprint density at radius 3 is 2.14 bits per heavy atom. The van der Waals surface area contributed by atoms with Gasteiger partial charge in [-0.2, -0.15) is 12.1 Å². The van der Waals surface area contributed by atoms with Crippen LogP contribution in [-0.4, -0.2) is 21.7 Å². The van der Waals surface area contributed by atoms with Crippen LogP contribution in [0.5, 0.6) is 0 Å². The average Bonchev–Trinajstić information content (AvgIpc) is 2.02. The molecular formula is C6H6NO5S2-. The van der Waals surface area contributed by atoms with Gasteiger partial charge in [-0.25, -0.2) is 0 Å². The summed E-state index contributed by atoms with van der Waals surface area (Å²) in [6.07, 6.45) is 0. The van der Waals surface area contributed by atoms with Crippen molar-refractivity contribution in [1.29, 1.82) is 0 Å². The molecule has 0 radical (unpaired) electrons. The molecule has 8 heteroatoms. The van der Waals surface area contributed by atoms with Crippen LogP contribution < -0.4 is 3.71 Å². The molecule has 0 aromatic heterocycles. The molecule has 1 unspecified atom stereocenters. The Balaban J connectivity index is 3.22. The van der Waals surface area contributed by atoms with E-state index in [0.29, 0.717) is 0 Å². The Hall–Kier alpha value is -0.960. The van der Waals surface area contributed by atoms with Crippen LogP contribution in [0.1, 0.15) is 0 Å². The second-order valence-electron chi connectivity index (χ2n) is 2.26. The average molecular weight is 236 g/mol. The van der Waals surface area contributed by atoms with Gasteiger partial charge in [-0.1, -0.05) is 18.2 Å². The predicted octanol–water partition coefficient (Wildman–Crippen LogP) is 0.0899. The lowest BCUT2D eigenvalue weighted by molar-refractivity contribution is 0.480. The molecule has 1 N–H and O–H groups in total. The molecule has 78 valence electrons. The highest BCUT2D eigenvalue weighted by atomic mass is 32.3. The van der Waals surface area contributed by atoms with Gasteiger partial charge < -0.3 is 4.55 Å². The van der Waals surface area contributed by atoms with E-state index in [2.05, 4.69) is 0 Å². The van der Waals surface area contributed by atoms with Crippen molar-refractivity contribution in [2.45, 2.75) is 0 Å². The number of hydrogen-bond acceptors (Lipinski definition) is 4. The van der Waals surface area contributed by atoms with Gasteiger partial charge in [-0.05, 0) is 12.1 Å². The van der Waals surface area contributed by atoms with Crippen LogP contribution in [0.2, 0.25) is 0 Å². The van der Waals surface area contributed by atoms with Gasteiger partial charge in [0.05, 0.1) is 17.0 Å². The molecule has 0 bridgehead atoms. The van der Waals surface area contributed by atoms with Crippen LogP contribution >= 0.6 is 0 Å². The Morgan fingerprint density at radius 1 is 1.29 bits per heavy atom. The number of para-hydroxylation sites is 1. The molecule has 0 aliphatic carbocycles. The van der Waals surface area contributed by atoms with Crippen LogP contribution in [0.4, 0.5) is 5.69 Å². The van der Waals surface area contributed by atoms with E-state index in [1.807, 2.05) is 0 Å². The first-order valence-electron chi connectivity index (χ1n) is 3.35. The Labute approximate surface area is 83.5 Å². The van der Waals surface area contributed by atoms with E-state index in [9.17, 15) is 17.2 Å². The van der Waals surface area contributed by atoms with E-state index in [-0.39, 0.29) is 9.40 Å². The highest BCUT2D eigenvalue weighted by Crippen LogP contribution is 2.17. The van der Waals surface area contributed by atoms with Crippen molar-refractivity contribution in [1.82, 2.24) is 0 Å².